The van der Waals surface area contributed by atoms with E-state index in [1.807, 2.05) is 13.0 Å². The van der Waals surface area contributed by atoms with Gasteiger partial charge in [0.25, 0.3) is 10.0 Å². The number of carbonyl (C=O) groups is 1. The number of carboxylic acid groups (broad SMARTS) is 1. The van der Waals surface area contributed by atoms with Crippen LogP contribution < -0.4 is 4.72 Å². The van der Waals surface area contributed by atoms with Crippen molar-refractivity contribution < 1.29 is 18.3 Å². The summed E-state index contributed by atoms with van der Waals surface area (Å²) in [4.78, 5) is 14.6. The Morgan fingerprint density at radius 3 is 2.48 bits per heavy atom. The fourth-order valence-corrected chi connectivity index (χ4v) is 3.16. The molecule has 0 saturated carbocycles. The van der Waals surface area contributed by atoms with Crippen LogP contribution in [-0.2, 0) is 10.0 Å². The molecule has 0 aliphatic heterocycles. The first kappa shape index (κ1) is 15.0. The fourth-order valence-electron chi connectivity index (χ4n) is 1.79. The van der Waals surface area contributed by atoms with Crippen LogP contribution in [0, 0.1) is 13.8 Å². The predicted octanol–water partition coefficient (Wildman–Crippen LogP) is 2.20. The molecule has 6 nitrogen and oxygen atoms in total. The number of pyridine rings is 1. The van der Waals surface area contributed by atoms with Gasteiger partial charge in [-0.2, -0.15) is 0 Å². The van der Waals surface area contributed by atoms with Gasteiger partial charge in [0.15, 0.2) is 0 Å². The third-order valence-corrected chi connectivity index (χ3v) is 4.39. The number of hydrogen-bond acceptors (Lipinski definition) is 4. The molecule has 2 aromatic rings. The van der Waals surface area contributed by atoms with Gasteiger partial charge in [0.2, 0.25) is 0 Å². The molecule has 1 aromatic heterocycles. The van der Waals surface area contributed by atoms with Crippen molar-refractivity contribution in [2.45, 2.75) is 18.7 Å². The molecule has 0 spiro atoms. The van der Waals surface area contributed by atoms with Crippen molar-refractivity contribution >= 4 is 21.7 Å². The molecule has 0 atom stereocenters. The van der Waals surface area contributed by atoms with Gasteiger partial charge in [-0.3, -0.25) is 4.72 Å². The number of nitrogens with zero attached hydrogens (tertiary/aromatic N) is 1. The van der Waals surface area contributed by atoms with Gasteiger partial charge >= 0.3 is 5.97 Å². The summed E-state index contributed by atoms with van der Waals surface area (Å²) in [6.07, 6.45) is 1.17. The minimum Gasteiger partial charge on any atom is -0.477 e. The Bertz CT molecular complexity index is 783. The number of hydrogen-bond donors (Lipinski definition) is 2. The molecule has 2 rings (SSSR count). The van der Waals surface area contributed by atoms with E-state index in [0.717, 1.165) is 5.56 Å². The lowest BCUT2D eigenvalue weighted by Gasteiger charge is -2.11. The van der Waals surface area contributed by atoms with Crippen LogP contribution in [0.1, 0.15) is 21.6 Å². The first-order chi connectivity index (χ1) is 9.79. The molecule has 0 radical (unpaired) electrons. The number of sulfonamides is 1. The number of rotatable bonds is 4. The summed E-state index contributed by atoms with van der Waals surface area (Å²) < 4.78 is 27.1. The van der Waals surface area contributed by atoms with Gasteiger partial charge in [0.1, 0.15) is 5.69 Å². The minimum absolute atomic E-state index is 0.148. The Hall–Kier alpha value is -2.41. The molecular formula is C14H14N2O4S. The van der Waals surface area contributed by atoms with E-state index < -0.39 is 16.0 Å². The van der Waals surface area contributed by atoms with Crippen molar-refractivity contribution in [1.82, 2.24) is 4.98 Å². The average molecular weight is 306 g/mol. The number of aryl methyl sites for hydroxylation is 2. The lowest BCUT2D eigenvalue weighted by Crippen LogP contribution is -2.15. The lowest BCUT2D eigenvalue weighted by atomic mass is 10.2. The second-order valence-corrected chi connectivity index (χ2v) is 6.26. The van der Waals surface area contributed by atoms with Crippen molar-refractivity contribution in [3.8, 4) is 0 Å². The third-order valence-electron chi connectivity index (χ3n) is 2.87. The van der Waals surface area contributed by atoms with E-state index in [1.54, 1.807) is 19.1 Å². The standard InChI is InChI=1S/C14H14N2O4S/c1-9-3-4-10(2)13(7-9)21(19,20)16-11-5-6-12(14(17)18)15-8-11/h3-8,16H,1-2H3,(H,17,18). The molecule has 1 aromatic carbocycles. The molecule has 21 heavy (non-hydrogen) atoms. The Morgan fingerprint density at radius 1 is 1.19 bits per heavy atom. The fraction of sp³-hybridized carbons (Fsp3) is 0.143. The summed E-state index contributed by atoms with van der Waals surface area (Å²) >= 11 is 0. The van der Waals surface area contributed by atoms with Crippen LogP contribution in [0.15, 0.2) is 41.4 Å². The topological polar surface area (TPSA) is 96.4 Å². The van der Waals surface area contributed by atoms with Gasteiger partial charge in [0.05, 0.1) is 16.8 Å². The van der Waals surface area contributed by atoms with Gasteiger partial charge < -0.3 is 5.11 Å². The number of anilines is 1. The van der Waals surface area contributed by atoms with Gasteiger partial charge in [0, 0.05) is 0 Å². The zero-order chi connectivity index (χ0) is 15.6. The second kappa shape index (κ2) is 5.53. The maximum absolute atomic E-state index is 12.3. The molecule has 0 aliphatic carbocycles. The van der Waals surface area contributed by atoms with Crippen LogP contribution in [0.25, 0.3) is 0 Å². The van der Waals surface area contributed by atoms with Crippen LogP contribution in [0.4, 0.5) is 5.69 Å². The van der Waals surface area contributed by atoms with Crippen LogP contribution in [-0.4, -0.2) is 24.5 Å². The Labute approximate surface area is 122 Å². The maximum atomic E-state index is 12.3. The smallest absolute Gasteiger partial charge is 0.354 e. The highest BCUT2D eigenvalue weighted by molar-refractivity contribution is 7.92. The van der Waals surface area contributed by atoms with Crippen molar-refractivity contribution in [2.75, 3.05) is 4.72 Å². The van der Waals surface area contributed by atoms with E-state index in [2.05, 4.69) is 9.71 Å². The molecular weight excluding hydrogens is 292 g/mol. The average Bonchev–Trinajstić information content (AvgIpc) is 2.41. The number of benzene rings is 1. The van der Waals surface area contributed by atoms with Crippen LogP contribution in [0.2, 0.25) is 0 Å². The highest BCUT2D eigenvalue weighted by Crippen LogP contribution is 2.20. The number of carboxylic acids is 1. The van der Waals surface area contributed by atoms with Gasteiger partial charge in [-0.1, -0.05) is 12.1 Å². The van der Waals surface area contributed by atoms with Gasteiger partial charge in [-0.05, 0) is 43.2 Å². The molecule has 2 N–H and O–H groups in total. The Balaban J connectivity index is 2.33. The zero-order valence-corrected chi connectivity index (χ0v) is 12.3. The summed E-state index contributed by atoms with van der Waals surface area (Å²) in [6.45, 7) is 3.52. The molecule has 0 amide bonds. The Morgan fingerprint density at radius 2 is 1.90 bits per heavy atom. The third kappa shape index (κ3) is 3.38. The van der Waals surface area contributed by atoms with Crippen LogP contribution >= 0.6 is 0 Å². The zero-order valence-electron chi connectivity index (χ0n) is 11.5. The summed E-state index contributed by atoms with van der Waals surface area (Å²) in [7, 11) is -3.74. The molecule has 1 heterocycles. The van der Waals surface area contributed by atoms with Crippen molar-refractivity contribution in [3.63, 3.8) is 0 Å². The summed E-state index contributed by atoms with van der Waals surface area (Å²) in [5.41, 5.74) is 1.52. The number of nitrogens with one attached hydrogen (secondary N) is 1. The van der Waals surface area contributed by atoms with Crippen LogP contribution in [0.5, 0.6) is 0 Å². The van der Waals surface area contributed by atoms with Crippen molar-refractivity contribution in [1.29, 1.82) is 0 Å². The largest absolute Gasteiger partial charge is 0.477 e. The van der Waals surface area contributed by atoms with E-state index >= 15 is 0 Å². The second-order valence-electron chi connectivity index (χ2n) is 4.61. The minimum atomic E-state index is -3.74. The SMILES string of the molecule is Cc1ccc(C)c(S(=O)(=O)Nc2ccc(C(=O)O)nc2)c1. The highest BCUT2D eigenvalue weighted by Gasteiger charge is 2.17. The monoisotopic (exact) mass is 306 g/mol. The van der Waals surface area contributed by atoms with E-state index in [1.165, 1.54) is 18.3 Å². The van der Waals surface area contributed by atoms with Crippen molar-refractivity contribution in [2.24, 2.45) is 0 Å². The molecule has 0 saturated heterocycles. The number of aromatic carboxylic acids is 1. The predicted molar refractivity (Wildman–Crippen MR) is 77.9 cm³/mol. The van der Waals surface area contributed by atoms with E-state index in [-0.39, 0.29) is 16.3 Å². The molecule has 0 aliphatic rings. The first-order valence-corrected chi connectivity index (χ1v) is 7.57. The van der Waals surface area contributed by atoms with Crippen molar-refractivity contribution in [3.05, 3.63) is 53.3 Å². The van der Waals surface area contributed by atoms with Crippen LogP contribution in [0.3, 0.4) is 0 Å². The lowest BCUT2D eigenvalue weighted by molar-refractivity contribution is 0.0690. The van der Waals surface area contributed by atoms with E-state index in [0.29, 0.717) is 5.56 Å². The normalized spacial score (nSPS) is 11.1. The molecule has 7 heteroatoms. The molecule has 110 valence electrons. The number of aromatic nitrogens is 1. The van der Waals surface area contributed by atoms with E-state index in [4.69, 9.17) is 5.11 Å². The van der Waals surface area contributed by atoms with Gasteiger partial charge in [-0.25, -0.2) is 18.2 Å². The summed E-state index contributed by atoms with van der Waals surface area (Å²) in [5, 5.41) is 8.75. The quantitative estimate of drug-likeness (QED) is 0.902. The maximum Gasteiger partial charge on any atom is 0.354 e. The molecule has 0 bridgehead atoms. The summed E-state index contributed by atoms with van der Waals surface area (Å²) in [6, 6.07) is 7.74. The summed E-state index contributed by atoms with van der Waals surface area (Å²) in [5.74, 6) is -1.17. The highest BCUT2D eigenvalue weighted by atomic mass is 32.2. The van der Waals surface area contributed by atoms with Gasteiger partial charge in [-0.15, -0.1) is 0 Å². The molecule has 0 unspecified atom stereocenters. The Kier molecular flexibility index (Phi) is 3.95. The van der Waals surface area contributed by atoms with E-state index in [9.17, 15) is 13.2 Å². The first-order valence-electron chi connectivity index (χ1n) is 6.09. The molecule has 0 fully saturated rings.